The minimum Gasteiger partial charge on any atom is -0.320 e. The summed E-state index contributed by atoms with van der Waals surface area (Å²) < 4.78 is 0. The van der Waals surface area contributed by atoms with Gasteiger partial charge in [0.1, 0.15) is 0 Å². The van der Waals surface area contributed by atoms with Gasteiger partial charge in [-0.05, 0) is 46.7 Å². The minimum atomic E-state index is -0.119. The zero-order valence-corrected chi connectivity index (χ0v) is 21.3. The highest BCUT2D eigenvalue weighted by molar-refractivity contribution is 6.30. The van der Waals surface area contributed by atoms with Gasteiger partial charge in [0.15, 0.2) is 0 Å². The Balaban J connectivity index is 1.41. The zero-order chi connectivity index (χ0) is 25.5. The molecule has 0 heterocycles. The summed E-state index contributed by atoms with van der Waals surface area (Å²) in [5, 5.41) is 5.98. The Kier molecular flexibility index (Phi) is 7.83. The Bertz CT molecular complexity index is 1410. The Morgan fingerprint density at radius 1 is 0.703 bits per heavy atom. The van der Waals surface area contributed by atoms with Crippen LogP contribution in [0.25, 0.3) is 10.8 Å². The standard InChI is InChI=1S/C33H29ClN2O/c34-29-20-18-25(19-21-29)24-36(33(37)35-32-17-9-15-28-14-7-8-16-31(28)32)23-22-30(26-10-3-1-4-11-26)27-12-5-2-6-13-27/h1-21,30H,22-24H2,(H,35,37). The molecule has 5 rings (SSSR count). The number of carbonyl (C=O) groups excluding carboxylic acids is 1. The van der Waals surface area contributed by atoms with Gasteiger partial charge in [0.25, 0.3) is 0 Å². The monoisotopic (exact) mass is 504 g/mol. The van der Waals surface area contributed by atoms with Gasteiger partial charge in [-0.15, -0.1) is 0 Å². The molecule has 37 heavy (non-hydrogen) atoms. The van der Waals surface area contributed by atoms with Crippen molar-refractivity contribution in [1.29, 1.82) is 0 Å². The van der Waals surface area contributed by atoms with E-state index in [1.807, 2.05) is 71.6 Å². The summed E-state index contributed by atoms with van der Waals surface area (Å²) in [6.45, 7) is 1.08. The molecule has 0 unspecified atom stereocenters. The summed E-state index contributed by atoms with van der Waals surface area (Å²) in [4.78, 5) is 15.6. The van der Waals surface area contributed by atoms with Crippen LogP contribution in [0.15, 0.2) is 127 Å². The van der Waals surface area contributed by atoms with Gasteiger partial charge in [-0.1, -0.05) is 121 Å². The summed E-state index contributed by atoms with van der Waals surface area (Å²) in [7, 11) is 0. The molecule has 5 aromatic carbocycles. The highest BCUT2D eigenvalue weighted by atomic mass is 35.5. The van der Waals surface area contributed by atoms with Crippen molar-refractivity contribution in [3.63, 3.8) is 0 Å². The van der Waals surface area contributed by atoms with Crippen molar-refractivity contribution >= 4 is 34.1 Å². The zero-order valence-electron chi connectivity index (χ0n) is 20.6. The molecule has 5 aromatic rings. The Morgan fingerprint density at radius 2 is 1.30 bits per heavy atom. The first kappa shape index (κ1) is 24.6. The SMILES string of the molecule is O=C(Nc1cccc2ccccc12)N(CCC(c1ccccc1)c1ccccc1)Cc1ccc(Cl)cc1. The first-order chi connectivity index (χ1) is 18.2. The van der Waals surface area contributed by atoms with Crippen LogP contribution in [0.1, 0.15) is 29.0 Å². The van der Waals surface area contributed by atoms with Crippen LogP contribution in [-0.2, 0) is 6.54 Å². The fourth-order valence-electron chi connectivity index (χ4n) is 4.77. The number of hydrogen-bond donors (Lipinski definition) is 1. The maximum atomic E-state index is 13.7. The molecule has 0 bridgehead atoms. The highest BCUT2D eigenvalue weighted by Crippen LogP contribution is 2.29. The van der Waals surface area contributed by atoms with Crippen LogP contribution in [0.4, 0.5) is 10.5 Å². The number of nitrogens with one attached hydrogen (secondary N) is 1. The number of nitrogens with zero attached hydrogens (tertiary/aromatic N) is 1. The van der Waals surface area contributed by atoms with Crippen molar-refractivity contribution in [2.45, 2.75) is 18.9 Å². The van der Waals surface area contributed by atoms with Crippen LogP contribution < -0.4 is 5.32 Å². The first-order valence-electron chi connectivity index (χ1n) is 12.6. The van der Waals surface area contributed by atoms with E-state index >= 15 is 0 Å². The molecule has 0 aliphatic rings. The van der Waals surface area contributed by atoms with Crippen LogP contribution in [-0.4, -0.2) is 17.5 Å². The number of halogens is 1. The molecule has 0 fully saturated rings. The molecule has 0 atom stereocenters. The molecule has 0 saturated carbocycles. The summed E-state index contributed by atoms with van der Waals surface area (Å²) in [6, 6.07) is 42.7. The van der Waals surface area contributed by atoms with Gasteiger partial charge in [0.2, 0.25) is 0 Å². The van der Waals surface area contributed by atoms with Crippen molar-refractivity contribution in [1.82, 2.24) is 4.90 Å². The van der Waals surface area contributed by atoms with E-state index in [1.165, 1.54) is 11.1 Å². The number of benzene rings is 5. The van der Waals surface area contributed by atoms with Crippen molar-refractivity contribution < 1.29 is 4.79 Å². The molecule has 0 aliphatic heterocycles. The second-order valence-electron chi connectivity index (χ2n) is 9.17. The van der Waals surface area contributed by atoms with Crippen LogP contribution in [0, 0.1) is 0 Å². The summed E-state index contributed by atoms with van der Waals surface area (Å²) in [6.07, 6.45) is 0.796. The lowest BCUT2D eigenvalue weighted by molar-refractivity contribution is 0.207. The average molecular weight is 505 g/mol. The fourth-order valence-corrected chi connectivity index (χ4v) is 4.90. The van der Waals surface area contributed by atoms with E-state index in [4.69, 9.17) is 11.6 Å². The van der Waals surface area contributed by atoms with Crippen molar-refractivity contribution in [3.8, 4) is 0 Å². The second-order valence-corrected chi connectivity index (χ2v) is 9.60. The summed E-state index contributed by atoms with van der Waals surface area (Å²) in [5.74, 6) is 0.181. The number of urea groups is 1. The largest absolute Gasteiger partial charge is 0.322 e. The molecular formula is C33H29ClN2O. The van der Waals surface area contributed by atoms with Gasteiger partial charge in [-0.2, -0.15) is 0 Å². The van der Waals surface area contributed by atoms with Crippen LogP contribution in [0.5, 0.6) is 0 Å². The lowest BCUT2D eigenvalue weighted by Crippen LogP contribution is -2.36. The van der Waals surface area contributed by atoms with Crippen LogP contribution in [0.3, 0.4) is 0 Å². The maximum Gasteiger partial charge on any atom is 0.322 e. The van der Waals surface area contributed by atoms with Crippen LogP contribution in [0.2, 0.25) is 5.02 Å². The van der Waals surface area contributed by atoms with Gasteiger partial charge in [0, 0.05) is 29.4 Å². The average Bonchev–Trinajstić information content (AvgIpc) is 2.95. The van der Waals surface area contributed by atoms with Gasteiger partial charge in [-0.25, -0.2) is 4.79 Å². The maximum absolute atomic E-state index is 13.7. The number of anilines is 1. The van der Waals surface area contributed by atoms with E-state index in [1.54, 1.807) is 0 Å². The molecule has 0 spiro atoms. The smallest absolute Gasteiger partial charge is 0.320 e. The number of rotatable bonds is 8. The molecule has 1 N–H and O–H groups in total. The molecule has 0 aliphatic carbocycles. The van der Waals surface area contributed by atoms with E-state index in [9.17, 15) is 4.79 Å². The minimum absolute atomic E-state index is 0.119. The normalized spacial score (nSPS) is 11.0. The Hall–Kier alpha value is -4.08. The molecular weight excluding hydrogens is 476 g/mol. The topological polar surface area (TPSA) is 32.3 Å². The second kappa shape index (κ2) is 11.8. The quantitative estimate of drug-likeness (QED) is 0.225. The van der Waals surface area contributed by atoms with Crippen molar-refractivity contribution in [2.24, 2.45) is 0 Å². The van der Waals surface area contributed by atoms with Gasteiger partial charge < -0.3 is 10.2 Å². The number of amides is 2. The molecule has 184 valence electrons. The third-order valence-corrected chi connectivity index (χ3v) is 6.95. The van der Waals surface area contributed by atoms with E-state index in [0.29, 0.717) is 18.1 Å². The molecule has 3 nitrogen and oxygen atoms in total. The van der Waals surface area contributed by atoms with Gasteiger partial charge in [-0.3, -0.25) is 0 Å². The fraction of sp³-hybridized carbons (Fsp3) is 0.121. The predicted molar refractivity (Wildman–Crippen MR) is 154 cm³/mol. The first-order valence-corrected chi connectivity index (χ1v) is 12.9. The van der Waals surface area contributed by atoms with E-state index in [0.717, 1.165) is 28.4 Å². The number of hydrogen-bond acceptors (Lipinski definition) is 1. The van der Waals surface area contributed by atoms with E-state index in [2.05, 4.69) is 66.0 Å². The molecule has 4 heteroatoms. The molecule has 0 radical (unpaired) electrons. The molecule has 2 amide bonds. The Morgan fingerprint density at radius 3 is 1.97 bits per heavy atom. The van der Waals surface area contributed by atoms with Gasteiger partial charge in [0.05, 0.1) is 5.69 Å². The summed E-state index contributed by atoms with van der Waals surface area (Å²) >= 11 is 6.12. The van der Waals surface area contributed by atoms with Crippen molar-refractivity contribution in [3.05, 3.63) is 149 Å². The third kappa shape index (κ3) is 6.19. The highest BCUT2D eigenvalue weighted by Gasteiger charge is 2.20. The molecule has 0 aromatic heterocycles. The number of fused-ring (bicyclic) bond motifs is 1. The summed E-state index contributed by atoms with van der Waals surface area (Å²) in [5.41, 5.74) is 4.34. The lowest BCUT2D eigenvalue weighted by atomic mass is 9.88. The van der Waals surface area contributed by atoms with E-state index in [-0.39, 0.29) is 11.9 Å². The lowest BCUT2D eigenvalue weighted by Gasteiger charge is -2.27. The Labute approximate surface area is 223 Å². The van der Waals surface area contributed by atoms with Crippen LogP contribution >= 0.6 is 11.6 Å². The van der Waals surface area contributed by atoms with Crippen molar-refractivity contribution in [2.75, 3.05) is 11.9 Å². The third-order valence-electron chi connectivity index (χ3n) is 6.70. The molecule has 0 saturated heterocycles. The predicted octanol–water partition coefficient (Wildman–Crippen LogP) is 8.75. The van der Waals surface area contributed by atoms with E-state index < -0.39 is 0 Å². The van der Waals surface area contributed by atoms with Gasteiger partial charge >= 0.3 is 6.03 Å². The number of carbonyl (C=O) groups is 1.